The minimum atomic E-state index is -0.199. The summed E-state index contributed by atoms with van der Waals surface area (Å²) < 4.78 is 10.8. The highest BCUT2D eigenvalue weighted by Crippen LogP contribution is 2.28. The summed E-state index contributed by atoms with van der Waals surface area (Å²) in [6, 6.07) is 16.6. The van der Waals surface area contributed by atoms with E-state index in [0.717, 1.165) is 10.4 Å². The van der Waals surface area contributed by atoms with Crippen molar-refractivity contribution in [2.75, 3.05) is 33.9 Å². The van der Waals surface area contributed by atoms with E-state index in [0.29, 0.717) is 48.1 Å². The Labute approximate surface area is 222 Å². The number of methoxy groups -OCH3 is 2. The smallest absolute Gasteiger partial charge is 0.254 e. The first-order valence-electron chi connectivity index (χ1n) is 11.9. The number of benzene rings is 2. The average Bonchev–Trinajstić information content (AvgIpc) is 3.38. The quantitative estimate of drug-likeness (QED) is 0.298. The van der Waals surface area contributed by atoms with Gasteiger partial charge in [-0.2, -0.15) is 0 Å². The highest BCUT2D eigenvalue weighted by molar-refractivity contribution is 7.09. The predicted octanol–water partition coefficient (Wildman–Crippen LogP) is 5.79. The van der Waals surface area contributed by atoms with E-state index in [-0.39, 0.29) is 24.3 Å². The third-order valence-corrected chi connectivity index (χ3v) is 6.76. The Hall–Kier alpha value is -3.03. The number of hydrogen-bond acceptors (Lipinski definition) is 5. The molecule has 0 saturated heterocycles. The highest BCUT2D eigenvalue weighted by Gasteiger charge is 2.24. The summed E-state index contributed by atoms with van der Waals surface area (Å²) in [5.41, 5.74) is 1.51. The maximum absolute atomic E-state index is 13.6. The van der Waals surface area contributed by atoms with Crippen LogP contribution in [-0.2, 0) is 17.8 Å². The minimum Gasteiger partial charge on any atom is -0.493 e. The van der Waals surface area contributed by atoms with Gasteiger partial charge in [0, 0.05) is 28.6 Å². The predicted molar refractivity (Wildman–Crippen MR) is 145 cm³/mol. The normalized spacial score (nSPS) is 10.8. The van der Waals surface area contributed by atoms with Gasteiger partial charge in [0.05, 0.1) is 20.8 Å². The van der Waals surface area contributed by atoms with E-state index in [1.165, 1.54) is 0 Å². The summed E-state index contributed by atoms with van der Waals surface area (Å²) in [5, 5.41) is 2.49. The summed E-state index contributed by atoms with van der Waals surface area (Å²) in [5.74, 6) is 1.23. The van der Waals surface area contributed by atoms with Gasteiger partial charge in [-0.25, -0.2) is 0 Å². The van der Waals surface area contributed by atoms with Crippen LogP contribution >= 0.6 is 22.9 Å². The standard InChI is InChI=1S/C28H33ClN2O4S/c1-20(2)17-31(28(33)22-7-5-8-23(29)16-22)19-27(32)30(18-24-9-6-14-36-24)13-12-21-10-11-25(34-3)26(15-21)35-4/h5-11,14-16,20H,12-13,17-19H2,1-4H3. The van der Waals surface area contributed by atoms with Gasteiger partial charge in [-0.1, -0.05) is 43.6 Å². The molecule has 192 valence electrons. The molecule has 0 atom stereocenters. The van der Waals surface area contributed by atoms with E-state index >= 15 is 0 Å². The van der Waals surface area contributed by atoms with Crippen molar-refractivity contribution < 1.29 is 19.1 Å². The van der Waals surface area contributed by atoms with Gasteiger partial charge in [-0.15, -0.1) is 11.3 Å². The van der Waals surface area contributed by atoms with Gasteiger partial charge in [0.2, 0.25) is 5.91 Å². The second-order valence-corrected chi connectivity index (χ2v) is 10.4. The number of halogens is 1. The molecule has 0 saturated carbocycles. The molecule has 0 aliphatic heterocycles. The third-order valence-electron chi connectivity index (χ3n) is 5.67. The molecule has 0 aliphatic rings. The molecular formula is C28H33ClN2O4S. The molecule has 2 amide bonds. The second kappa shape index (κ2) is 13.3. The number of nitrogens with zero attached hydrogens (tertiary/aromatic N) is 2. The van der Waals surface area contributed by atoms with Crippen LogP contribution in [-0.4, -0.2) is 55.5 Å². The molecule has 2 aromatic carbocycles. The second-order valence-electron chi connectivity index (χ2n) is 8.92. The fraction of sp³-hybridized carbons (Fsp3) is 0.357. The van der Waals surface area contributed by atoms with Gasteiger partial charge in [-0.3, -0.25) is 9.59 Å². The van der Waals surface area contributed by atoms with Crippen LogP contribution in [0.1, 0.15) is 34.6 Å². The van der Waals surface area contributed by atoms with Gasteiger partial charge >= 0.3 is 0 Å². The van der Waals surface area contributed by atoms with Crippen molar-refractivity contribution >= 4 is 34.8 Å². The zero-order chi connectivity index (χ0) is 26.1. The SMILES string of the molecule is COc1ccc(CCN(Cc2cccs2)C(=O)CN(CC(C)C)C(=O)c2cccc(Cl)c2)cc1OC. The maximum atomic E-state index is 13.6. The van der Waals surface area contributed by atoms with E-state index in [1.807, 2.05) is 54.5 Å². The van der Waals surface area contributed by atoms with Crippen molar-refractivity contribution in [3.63, 3.8) is 0 Å². The van der Waals surface area contributed by atoms with E-state index in [1.54, 1.807) is 54.7 Å². The Morgan fingerprint density at radius 1 is 0.972 bits per heavy atom. The van der Waals surface area contributed by atoms with Crippen LogP contribution in [0.15, 0.2) is 60.0 Å². The first kappa shape index (κ1) is 27.6. The summed E-state index contributed by atoms with van der Waals surface area (Å²) >= 11 is 7.72. The van der Waals surface area contributed by atoms with Crippen molar-refractivity contribution in [2.45, 2.75) is 26.8 Å². The summed E-state index contributed by atoms with van der Waals surface area (Å²) in [6.07, 6.45) is 0.643. The monoisotopic (exact) mass is 528 g/mol. The lowest BCUT2D eigenvalue weighted by Crippen LogP contribution is -2.44. The Morgan fingerprint density at radius 3 is 2.39 bits per heavy atom. The molecule has 0 aliphatic carbocycles. The highest BCUT2D eigenvalue weighted by atomic mass is 35.5. The summed E-state index contributed by atoms with van der Waals surface area (Å²) in [7, 11) is 3.21. The minimum absolute atomic E-state index is 0.000829. The van der Waals surface area contributed by atoms with Gasteiger partial charge in [0.1, 0.15) is 6.54 Å². The largest absolute Gasteiger partial charge is 0.493 e. The molecular weight excluding hydrogens is 496 g/mol. The Morgan fingerprint density at radius 2 is 1.75 bits per heavy atom. The fourth-order valence-electron chi connectivity index (χ4n) is 3.91. The van der Waals surface area contributed by atoms with E-state index in [4.69, 9.17) is 21.1 Å². The lowest BCUT2D eigenvalue weighted by molar-refractivity contribution is -0.132. The van der Waals surface area contributed by atoms with Gasteiger partial charge in [0.15, 0.2) is 11.5 Å². The van der Waals surface area contributed by atoms with Crippen molar-refractivity contribution in [2.24, 2.45) is 5.92 Å². The zero-order valence-corrected chi connectivity index (χ0v) is 22.8. The molecule has 3 aromatic rings. The molecule has 0 fully saturated rings. The topological polar surface area (TPSA) is 59.1 Å². The molecule has 1 heterocycles. The van der Waals surface area contributed by atoms with Crippen molar-refractivity contribution in [3.8, 4) is 11.5 Å². The molecule has 3 rings (SSSR count). The number of ether oxygens (including phenoxy) is 2. The Balaban J connectivity index is 1.78. The van der Waals surface area contributed by atoms with Crippen LogP contribution in [0.25, 0.3) is 0 Å². The molecule has 0 spiro atoms. The van der Waals surface area contributed by atoms with Crippen LogP contribution in [0, 0.1) is 5.92 Å². The summed E-state index contributed by atoms with van der Waals surface area (Å²) in [4.78, 5) is 31.4. The molecule has 0 unspecified atom stereocenters. The van der Waals surface area contributed by atoms with E-state index in [9.17, 15) is 9.59 Å². The lowest BCUT2D eigenvalue weighted by Gasteiger charge is -2.29. The number of thiophene rings is 1. The number of hydrogen-bond donors (Lipinski definition) is 0. The molecule has 36 heavy (non-hydrogen) atoms. The van der Waals surface area contributed by atoms with Crippen LogP contribution in [0.4, 0.5) is 0 Å². The number of carbonyl (C=O) groups excluding carboxylic acids is 2. The van der Waals surface area contributed by atoms with Crippen molar-refractivity contribution in [1.29, 1.82) is 0 Å². The molecule has 0 N–H and O–H groups in total. The average molecular weight is 529 g/mol. The lowest BCUT2D eigenvalue weighted by atomic mass is 10.1. The Bertz CT molecular complexity index is 1150. The van der Waals surface area contributed by atoms with E-state index in [2.05, 4.69) is 0 Å². The van der Waals surface area contributed by atoms with Crippen LogP contribution in [0.5, 0.6) is 11.5 Å². The first-order valence-corrected chi connectivity index (χ1v) is 13.1. The first-order chi connectivity index (χ1) is 17.3. The van der Waals surface area contributed by atoms with Gasteiger partial charge < -0.3 is 19.3 Å². The van der Waals surface area contributed by atoms with Crippen molar-refractivity contribution in [3.05, 3.63) is 81.0 Å². The molecule has 1 aromatic heterocycles. The number of carbonyl (C=O) groups is 2. The number of rotatable bonds is 12. The summed E-state index contributed by atoms with van der Waals surface area (Å²) in [6.45, 7) is 5.53. The molecule has 6 nitrogen and oxygen atoms in total. The molecule has 8 heteroatoms. The third kappa shape index (κ3) is 7.73. The van der Waals surface area contributed by atoms with E-state index < -0.39 is 0 Å². The van der Waals surface area contributed by atoms with Crippen molar-refractivity contribution in [1.82, 2.24) is 9.80 Å². The van der Waals surface area contributed by atoms with Crippen LogP contribution < -0.4 is 9.47 Å². The van der Waals surface area contributed by atoms with Gasteiger partial charge in [-0.05, 0) is 59.7 Å². The maximum Gasteiger partial charge on any atom is 0.254 e. The number of amides is 2. The fourth-order valence-corrected chi connectivity index (χ4v) is 4.82. The zero-order valence-electron chi connectivity index (χ0n) is 21.2. The molecule has 0 bridgehead atoms. The Kier molecular flexibility index (Phi) is 10.2. The van der Waals surface area contributed by atoms with Gasteiger partial charge in [0.25, 0.3) is 5.91 Å². The van der Waals surface area contributed by atoms with Crippen LogP contribution in [0.3, 0.4) is 0 Å². The van der Waals surface area contributed by atoms with Crippen LogP contribution in [0.2, 0.25) is 5.02 Å². The molecule has 0 radical (unpaired) electrons.